The van der Waals surface area contributed by atoms with Crippen LogP contribution in [0.25, 0.3) is 0 Å². The van der Waals surface area contributed by atoms with E-state index in [9.17, 15) is 4.79 Å². The summed E-state index contributed by atoms with van der Waals surface area (Å²) in [5, 5.41) is 0. The Hall–Kier alpha value is -0.570. The lowest BCUT2D eigenvalue weighted by molar-refractivity contribution is -0.145. The van der Waals surface area contributed by atoms with E-state index in [0.29, 0.717) is 18.9 Å². The lowest BCUT2D eigenvalue weighted by atomic mass is 9.99. The third-order valence-electron chi connectivity index (χ3n) is 5.01. The van der Waals surface area contributed by atoms with E-state index in [0.717, 1.165) is 19.5 Å². The van der Waals surface area contributed by atoms with Crippen molar-refractivity contribution in [2.24, 2.45) is 5.92 Å². The van der Waals surface area contributed by atoms with Crippen molar-refractivity contribution < 1.29 is 9.53 Å². The van der Waals surface area contributed by atoms with Gasteiger partial charge in [0.2, 0.25) is 0 Å². The van der Waals surface area contributed by atoms with Crippen molar-refractivity contribution in [3.63, 3.8) is 0 Å². The highest BCUT2D eigenvalue weighted by Gasteiger charge is 2.19. The summed E-state index contributed by atoms with van der Waals surface area (Å²) in [6, 6.07) is 0. The van der Waals surface area contributed by atoms with Gasteiger partial charge in [-0.3, -0.25) is 4.79 Å². The molecule has 136 valence electrons. The number of esters is 1. The molecule has 1 aliphatic heterocycles. The molecule has 1 aliphatic rings. The van der Waals surface area contributed by atoms with Crippen molar-refractivity contribution in [2.45, 2.75) is 90.9 Å². The van der Waals surface area contributed by atoms with Crippen LogP contribution in [0.2, 0.25) is 0 Å². The smallest absolute Gasteiger partial charge is 0.305 e. The Morgan fingerprint density at radius 1 is 1.00 bits per heavy atom. The molecule has 0 aromatic heterocycles. The number of rotatable bonds is 13. The lowest BCUT2D eigenvalue weighted by Crippen LogP contribution is -2.37. The fourth-order valence-electron chi connectivity index (χ4n) is 3.44. The molecule has 3 nitrogen and oxygen atoms in total. The maximum Gasteiger partial charge on any atom is 0.305 e. The first-order valence-corrected chi connectivity index (χ1v) is 10.1. The van der Waals surface area contributed by atoms with E-state index in [2.05, 4.69) is 18.7 Å². The molecular weight excluding hydrogens is 286 g/mol. The Kier molecular flexibility index (Phi) is 12.3. The average Bonchev–Trinajstić information content (AvgIpc) is 2.58. The fourth-order valence-corrected chi connectivity index (χ4v) is 3.44. The fraction of sp³-hybridized carbons (Fsp3) is 0.950. The van der Waals surface area contributed by atoms with E-state index >= 15 is 0 Å². The van der Waals surface area contributed by atoms with Crippen molar-refractivity contribution in [2.75, 3.05) is 26.2 Å². The molecule has 0 bridgehead atoms. The van der Waals surface area contributed by atoms with Gasteiger partial charge in [-0.15, -0.1) is 0 Å². The highest BCUT2D eigenvalue weighted by molar-refractivity contribution is 5.69. The minimum Gasteiger partial charge on any atom is -0.465 e. The van der Waals surface area contributed by atoms with E-state index in [4.69, 9.17) is 4.74 Å². The molecule has 3 heteroatoms. The topological polar surface area (TPSA) is 29.5 Å². The van der Waals surface area contributed by atoms with Crippen LogP contribution in [0.4, 0.5) is 0 Å². The summed E-state index contributed by atoms with van der Waals surface area (Å²) in [6.45, 7) is 8.52. The minimum absolute atomic E-state index is 0.0153. The van der Waals surface area contributed by atoms with Crippen LogP contribution < -0.4 is 0 Å². The molecular formula is C20H39NO2. The maximum absolute atomic E-state index is 11.8. The van der Waals surface area contributed by atoms with E-state index < -0.39 is 0 Å². The lowest BCUT2D eigenvalue weighted by Gasteiger charge is -2.31. The average molecular weight is 326 g/mol. The summed E-state index contributed by atoms with van der Waals surface area (Å²) >= 11 is 0. The molecule has 0 aromatic rings. The normalized spacial score (nSPS) is 19.0. The van der Waals surface area contributed by atoms with E-state index in [1.54, 1.807) is 0 Å². The van der Waals surface area contributed by atoms with Gasteiger partial charge in [0.1, 0.15) is 0 Å². The van der Waals surface area contributed by atoms with E-state index in [-0.39, 0.29) is 5.97 Å². The van der Waals surface area contributed by atoms with Crippen molar-refractivity contribution in [1.29, 1.82) is 0 Å². The third kappa shape index (κ3) is 10.8. The first-order valence-electron chi connectivity index (χ1n) is 10.1. The monoisotopic (exact) mass is 325 g/mol. The molecule has 0 aromatic carbocycles. The van der Waals surface area contributed by atoms with E-state index in [1.165, 1.54) is 70.8 Å². The number of carbonyl (C=O) groups is 1. The summed E-state index contributed by atoms with van der Waals surface area (Å²) < 4.78 is 5.48. The molecule has 1 fully saturated rings. The molecule has 1 saturated heterocycles. The largest absolute Gasteiger partial charge is 0.465 e. The van der Waals surface area contributed by atoms with Gasteiger partial charge in [-0.05, 0) is 32.4 Å². The van der Waals surface area contributed by atoms with Gasteiger partial charge in [-0.1, -0.05) is 65.2 Å². The molecule has 1 heterocycles. The van der Waals surface area contributed by atoms with Gasteiger partial charge >= 0.3 is 5.97 Å². The van der Waals surface area contributed by atoms with Crippen LogP contribution in [-0.2, 0) is 9.53 Å². The van der Waals surface area contributed by atoms with Gasteiger partial charge in [0.15, 0.2) is 0 Å². The van der Waals surface area contributed by atoms with Gasteiger partial charge in [-0.25, -0.2) is 0 Å². The molecule has 1 unspecified atom stereocenters. The number of likely N-dealkylation sites (tertiary alicyclic amines) is 1. The Morgan fingerprint density at radius 3 is 2.30 bits per heavy atom. The van der Waals surface area contributed by atoms with Crippen molar-refractivity contribution in [3.05, 3.63) is 0 Å². The highest BCUT2D eigenvalue weighted by atomic mass is 16.5. The first-order chi connectivity index (χ1) is 11.3. The molecule has 1 atom stereocenters. The van der Waals surface area contributed by atoms with E-state index in [1.807, 2.05) is 0 Å². The van der Waals surface area contributed by atoms with Crippen LogP contribution in [0, 0.1) is 5.92 Å². The predicted molar refractivity (Wildman–Crippen MR) is 97.6 cm³/mol. The Morgan fingerprint density at radius 2 is 1.65 bits per heavy atom. The van der Waals surface area contributed by atoms with Gasteiger partial charge in [0.05, 0.1) is 6.61 Å². The molecule has 0 saturated carbocycles. The van der Waals surface area contributed by atoms with Crippen LogP contribution in [0.1, 0.15) is 90.9 Å². The van der Waals surface area contributed by atoms with Crippen molar-refractivity contribution >= 4 is 5.97 Å². The number of carbonyl (C=O) groups excluding carboxylic acids is 1. The Bertz CT molecular complexity index is 293. The molecule has 0 aliphatic carbocycles. The third-order valence-corrected chi connectivity index (χ3v) is 5.01. The molecule has 0 spiro atoms. The second-order valence-corrected chi connectivity index (χ2v) is 7.16. The maximum atomic E-state index is 11.8. The summed E-state index contributed by atoms with van der Waals surface area (Å²) in [7, 11) is 0. The number of hydrogen-bond donors (Lipinski definition) is 0. The van der Waals surface area contributed by atoms with Crippen LogP contribution in [0.3, 0.4) is 0 Å². The summed E-state index contributed by atoms with van der Waals surface area (Å²) in [6.07, 6.45) is 14.7. The van der Waals surface area contributed by atoms with Gasteiger partial charge < -0.3 is 9.64 Å². The zero-order valence-corrected chi connectivity index (χ0v) is 15.7. The Labute approximate surface area is 144 Å². The van der Waals surface area contributed by atoms with Gasteiger partial charge in [0, 0.05) is 18.9 Å². The molecule has 0 N–H and O–H groups in total. The molecule has 0 amide bonds. The van der Waals surface area contributed by atoms with Crippen molar-refractivity contribution in [3.8, 4) is 0 Å². The van der Waals surface area contributed by atoms with Gasteiger partial charge in [-0.2, -0.15) is 0 Å². The summed E-state index contributed by atoms with van der Waals surface area (Å²) in [5.41, 5.74) is 0. The van der Waals surface area contributed by atoms with Crippen LogP contribution in [-0.4, -0.2) is 37.1 Å². The molecule has 0 radical (unpaired) electrons. The predicted octanol–water partition coefficient (Wildman–Crippen LogP) is 5.18. The number of piperidine rings is 1. The van der Waals surface area contributed by atoms with Crippen LogP contribution in [0.5, 0.6) is 0 Å². The van der Waals surface area contributed by atoms with Gasteiger partial charge in [0.25, 0.3) is 0 Å². The first kappa shape index (κ1) is 20.5. The number of unbranched alkanes of at least 4 members (excludes halogenated alkanes) is 8. The summed E-state index contributed by atoms with van der Waals surface area (Å²) in [5.74, 6) is 0.567. The van der Waals surface area contributed by atoms with Crippen molar-refractivity contribution in [1.82, 2.24) is 4.90 Å². The second-order valence-electron chi connectivity index (χ2n) is 7.16. The highest BCUT2D eigenvalue weighted by Crippen LogP contribution is 2.17. The zero-order chi connectivity index (χ0) is 16.8. The van der Waals surface area contributed by atoms with Crippen LogP contribution >= 0.6 is 0 Å². The standard InChI is InChI=1S/C20H39NO2/c1-3-5-6-7-8-9-10-11-12-15-20(22)23-18-19-14-13-16-21(4-2)17-19/h19H,3-18H2,1-2H3. The molecule has 1 rings (SSSR count). The SMILES string of the molecule is CCCCCCCCCCCC(=O)OCC1CCCN(CC)C1. The minimum atomic E-state index is 0.0153. The quantitative estimate of drug-likeness (QED) is 0.345. The van der Waals surface area contributed by atoms with Crippen LogP contribution in [0.15, 0.2) is 0 Å². The molecule has 23 heavy (non-hydrogen) atoms. The zero-order valence-electron chi connectivity index (χ0n) is 15.7. The number of hydrogen-bond acceptors (Lipinski definition) is 3. The Balaban J connectivity index is 1.90. The second kappa shape index (κ2) is 13.8. The number of nitrogens with zero attached hydrogens (tertiary/aromatic N) is 1. The number of ether oxygens (including phenoxy) is 1. The summed E-state index contributed by atoms with van der Waals surface area (Å²) in [4.78, 5) is 14.3.